The van der Waals surface area contributed by atoms with E-state index in [2.05, 4.69) is 0 Å². The Morgan fingerprint density at radius 3 is 2.46 bits per heavy atom. The number of hydrogen-bond donors (Lipinski definition) is 0. The minimum absolute atomic E-state index is 0.0592. The maximum atomic E-state index is 14.6. The van der Waals surface area contributed by atoms with Crippen molar-refractivity contribution in [1.82, 2.24) is 4.90 Å². The molecule has 8 heteroatoms. The number of carbonyl (C=O) groups excluding carboxylic acids is 2. The van der Waals surface area contributed by atoms with E-state index in [4.69, 9.17) is 16.3 Å². The van der Waals surface area contributed by atoms with Gasteiger partial charge < -0.3 is 14.5 Å². The summed E-state index contributed by atoms with van der Waals surface area (Å²) in [6.45, 7) is 0.347. The van der Waals surface area contributed by atoms with Gasteiger partial charge in [0.05, 0.1) is 12.1 Å². The molecule has 0 spiro atoms. The first kappa shape index (κ1) is 27.2. The maximum Gasteiger partial charge on any atom is 0.266 e. The summed E-state index contributed by atoms with van der Waals surface area (Å²) in [5.74, 6) is 0.0936. The Hall–Kier alpha value is -3.42. The van der Waals surface area contributed by atoms with Crippen molar-refractivity contribution in [1.29, 1.82) is 0 Å². The van der Waals surface area contributed by atoms with E-state index in [1.54, 1.807) is 26.3 Å². The molecule has 1 aliphatic rings. The number of thiophene rings is 1. The SMILES string of the molecule is COc1ccc(-c2ccc(N(C)C=O)cc2)cc1CN(C(=O)c1sc2cccc(F)c2c1Cl)C1CCCCC1. The van der Waals surface area contributed by atoms with Crippen molar-refractivity contribution in [2.45, 2.75) is 44.7 Å². The summed E-state index contributed by atoms with van der Waals surface area (Å²) in [6, 6.07) is 18.5. The minimum atomic E-state index is -0.420. The van der Waals surface area contributed by atoms with Gasteiger partial charge >= 0.3 is 0 Å². The highest BCUT2D eigenvalue weighted by Gasteiger charge is 2.31. The van der Waals surface area contributed by atoms with Crippen LogP contribution in [-0.4, -0.2) is 37.4 Å². The van der Waals surface area contributed by atoms with Crippen molar-refractivity contribution >= 4 is 51.0 Å². The van der Waals surface area contributed by atoms with Crippen molar-refractivity contribution in [3.63, 3.8) is 0 Å². The van der Waals surface area contributed by atoms with E-state index < -0.39 is 5.82 Å². The van der Waals surface area contributed by atoms with E-state index >= 15 is 0 Å². The topological polar surface area (TPSA) is 49.9 Å². The standard InChI is InChI=1S/C31H30ClFN2O3S/c1-34(19-36)23-14-11-20(12-15-23)21-13-16-26(38-2)22(17-21)18-35(24-7-4-3-5-8-24)31(37)30-29(32)28-25(33)9-6-10-27(28)39-30/h6,9-17,19,24H,3-5,7-8,18H2,1-2H3. The average molecular weight is 565 g/mol. The number of fused-ring (bicyclic) bond motifs is 1. The molecule has 0 bridgehead atoms. The van der Waals surface area contributed by atoms with Crippen LogP contribution < -0.4 is 9.64 Å². The Morgan fingerprint density at radius 1 is 1.08 bits per heavy atom. The second-order valence-electron chi connectivity index (χ2n) is 9.87. The molecule has 5 rings (SSSR count). The molecule has 1 aliphatic carbocycles. The third kappa shape index (κ3) is 5.52. The first-order valence-electron chi connectivity index (χ1n) is 13.0. The Morgan fingerprint density at radius 2 is 1.79 bits per heavy atom. The van der Waals surface area contributed by atoms with Gasteiger partial charge in [0.15, 0.2) is 0 Å². The lowest BCUT2D eigenvalue weighted by Crippen LogP contribution is -2.40. The lowest BCUT2D eigenvalue weighted by molar-refractivity contribution is -0.107. The van der Waals surface area contributed by atoms with Gasteiger partial charge in [-0.05, 0) is 60.4 Å². The van der Waals surface area contributed by atoms with Crippen molar-refractivity contribution in [3.8, 4) is 16.9 Å². The highest BCUT2D eigenvalue weighted by atomic mass is 35.5. The summed E-state index contributed by atoms with van der Waals surface area (Å²) in [6.07, 6.45) is 5.87. The number of carbonyl (C=O) groups is 2. The molecule has 39 heavy (non-hydrogen) atoms. The quantitative estimate of drug-likeness (QED) is 0.204. The second-order valence-corrected chi connectivity index (χ2v) is 11.3. The van der Waals surface area contributed by atoms with Crippen LogP contribution in [0, 0.1) is 5.82 Å². The van der Waals surface area contributed by atoms with Gasteiger partial charge in [-0.2, -0.15) is 0 Å². The van der Waals surface area contributed by atoms with Crippen molar-refractivity contribution in [2.24, 2.45) is 0 Å². The predicted octanol–water partition coefficient (Wildman–Crippen LogP) is 7.94. The van der Waals surface area contributed by atoms with Crippen LogP contribution in [0.2, 0.25) is 5.02 Å². The van der Waals surface area contributed by atoms with Gasteiger partial charge in [-0.15, -0.1) is 11.3 Å². The first-order valence-corrected chi connectivity index (χ1v) is 14.2. The zero-order chi connectivity index (χ0) is 27.5. The third-order valence-electron chi connectivity index (χ3n) is 7.46. The smallest absolute Gasteiger partial charge is 0.266 e. The molecular formula is C31H30ClFN2O3S. The van der Waals surface area contributed by atoms with Gasteiger partial charge in [0.25, 0.3) is 5.91 Å². The summed E-state index contributed by atoms with van der Waals surface area (Å²) < 4.78 is 20.9. The van der Waals surface area contributed by atoms with Crippen LogP contribution in [0.1, 0.15) is 47.3 Å². The van der Waals surface area contributed by atoms with Crippen molar-refractivity contribution in [2.75, 3.05) is 19.1 Å². The zero-order valence-corrected chi connectivity index (χ0v) is 23.5. The number of rotatable bonds is 8. The molecule has 0 unspecified atom stereocenters. The average Bonchev–Trinajstić information content (AvgIpc) is 3.32. The van der Waals surface area contributed by atoms with Crippen LogP contribution >= 0.6 is 22.9 Å². The highest BCUT2D eigenvalue weighted by Crippen LogP contribution is 2.39. The number of benzene rings is 3. The van der Waals surface area contributed by atoms with Crippen LogP contribution in [0.5, 0.6) is 5.75 Å². The highest BCUT2D eigenvalue weighted by molar-refractivity contribution is 7.21. The molecule has 202 valence electrons. The van der Waals surface area contributed by atoms with Gasteiger partial charge in [-0.1, -0.05) is 55.1 Å². The second kappa shape index (κ2) is 11.8. The number of nitrogens with zero attached hydrogens (tertiary/aromatic N) is 2. The van der Waals surface area contributed by atoms with E-state index in [0.29, 0.717) is 27.3 Å². The normalized spacial score (nSPS) is 13.8. The van der Waals surface area contributed by atoms with E-state index in [-0.39, 0.29) is 17.0 Å². The summed E-state index contributed by atoms with van der Waals surface area (Å²) in [4.78, 5) is 29.0. The molecule has 0 radical (unpaired) electrons. The summed E-state index contributed by atoms with van der Waals surface area (Å²) in [5, 5.41) is 0.486. The molecule has 1 aromatic heterocycles. The molecular weight excluding hydrogens is 535 g/mol. The first-order chi connectivity index (χ1) is 18.9. The molecule has 5 nitrogen and oxygen atoms in total. The van der Waals surface area contributed by atoms with Crippen LogP contribution in [0.4, 0.5) is 10.1 Å². The van der Waals surface area contributed by atoms with Gasteiger partial charge in [0.2, 0.25) is 6.41 Å². The summed E-state index contributed by atoms with van der Waals surface area (Å²) in [7, 11) is 3.34. The van der Waals surface area contributed by atoms with E-state index in [0.717, 1.165) is 60.9 Å². The fraction of sp³-hybridized carbons (Fsp3) is 0.290. The van der Waals surface area contributed by atoms with Crippen LogP contribution in [0.3, 0.4) is 0 Å². The molecule has 0 aliphatic heterocycles. The van der Waals surface area contributed by atoms with E-state index in [1.807, 2.05) is 47.4 Å². The van der Waals surface area contributed by atoms with Gasteiger partial charge in [-0.3, -0.25) is 9.59 Å². The largest absolute Gasteiger partial charge is 0.496 e. The van der Waals surface area contributed by atoms with Crippen LogP contribution in [0.25, 0.3) is 21.2 Å². The molecule has 3 aromatic carbocycles. The van der Waals surface area contributed by atoms with Gasteiger partial charge in [0.1, 0.15) is 16.4 Å². The Labute approximate surface area is 236 Å². The molecule has 0 atom stereocenters. The molecule has 1 heterocycles. The van der Waals surface area contributed by atoms with Gasteiger partial charge in [-0.25, -0.2) is 4.39 Å². The van der Waals surface area contributed by atoms with Gasteiger partial charge in [0, 0.05) is 41.0 Å². The number of amides is 2. The Kier molecular flexibility index (Phi) is 8.19. The zero-order valence-electron chi connectivity index (χ0n) is 22.0. The van der Waals surface area contributed by atoms with Crippen LogP contribution in [0.15, 0.2) is 60.7 Å². The predicted molar refractivity (Wildman–Crippen MR) is 156 cm³/mol. The summed E-state index contributed by atoms with van der Waals surface area (Å²) in [5.41, 5.74) is 3.64. The molecule has 2 amide bonds. The maximum absolute atomic E-state index is 14.6. The summed E-state index contributed by atoms with van der Waals surface area (Å²) >= 11 is 7.87. The lowest BCUT2D eigenvalue weighted by Gasteiger charge is -2.34. The van der Waals surface area contributed by atoms with E-state index in [1.165, 1.54) is 22.3 Å². The van der Waals surface area contributed by atoms with E-state index in [9.17, 15) is 14.0 Å². The van der Waals surface area contributed by atoms with Crippen LogP contribution in [-0.2, 0) is 11.3 Å². The monoisotopic (exact) mass is 564 g/mol. The number of methoxy groups -OCH3 is 1. The lowest BCUT2D eigenvalue weighted by atomic mass is 9.93. The molecule has 0 N–H and O–H groups in total. The molecule has 1 fully saturated rings. The fourth-order valence-electron chi connectivity index (χ4n) is 5.31. The molecule has 0 saturated heterocycles. The molecule has 4 aromatic rings. The van der Waals surface area contributed by atoms with Crippen molar-refractivity contribution in [3.05, 3.63) is 81.9 Å². The molecule has 1 saturated carbocycles. The Balaban J connectivity index is 1.52. The Bertz CT molecular complexity index is 1500. The third-order valence-corrected chi connectivity index (χ3v) is 9.10. The number of ether oxygens (including phenoxy) is 1. The number of anilines is 1. The fourth-order valence-corrected chi connectivity index (χ4v) is 6.82. The van der Waals surface area contributed by atoms with Crippen molar-refractivity contribution < 1.29 is 18.7 Å². The number of hydrogen-bond acceptors (Lipinski definition) is 4. The minimum Gasteiger partial charge on any atom is -0.496 e. The number of halogens is 2.